The van der Waals surface area contributed by atoms with Crippen LogP contribution in [0, 0.1) is 0 Å². The summed E-state index contributed by atoms with van der Waals surface area (Å²) in [5.41, 5.74) is 1.95. The molecule has 7 nitrogen and oxygen atoms in total. The van der Waals surface area contributed by atoms with Gasteiger partial charge in [-0.1, -0.05) is 0 Å². The topological polar surface area (TPSA) is 89.8 Å². The molecular formula is C19H22N2O5. The number of fused-ring (bicyclic) bond motifs is 1. The van der Waals surface area contributed by atoms with Gasteiger partial charge in [0.05, 0.1) is 19.4 Å². The van der Waals surface area contributed by atoms with Gasteiger partial charge in [-0.3, -0.25) is 9.59 Å². The third-order valence-electron chi connectivity index (χ3n) is 4.01. The molecule has 26 heavy (non-hydrogen) atoms. The van der Waals surface area contributed by atoms with Crippen molar-refractivity contribution in [2.45, 2.75) is 32.9 Å². The number of rotatable bonds is 7. The molecule has 0 saturated carbocycles. The number of benzene rings is 1. The molecule has 138 valence electrons. The van der Waals surface area contributed by atoms with Crippen LogP contribution in [0.3, 0.4) is 0 Å². The Labute approximate surface area is 151 Å². The van der Waals surface area contributed by atoms with E-state index in [1.165, 1.54) is 12.3 Å². The van der Waals surface area contributed by atoms with Gasteiger partial charge in [-0.05, 0) is 38.1 Å². The summed E-state index contributed by atoms with van der Waals surface area (Å²) >= 11 is 0. The monoisotopic (exact) mass is 358 g/mol. The fourth-order valence-corrected chi connectivity index (χ4v) is 2.82. The standard InChI is InChI=1S/C19H22N2O5/c1-3-24-16-8-13-7-12(2)26-17(13)9-14(16)10-20-18(22)11-21-19(23)15-5-4-6-25-15/h4-6,8-9,12H,3,7,10-11H2,1-2H3,(H,20,22)(H,21,23). The first-order valence-electron chi connectivity index (χ1n) is 8.60. The molecule has 2 aromatic rings. The zero-order chi connectivity index (χ0) is 18.5. The number of carbonyl (C=O) groups excluding carboxylic acids is 2. The molecule has 1 aromatic heterocycles. The summed E-state index contributed by atoms with van der Waals surface area (Å²) in [6.45, 7) is 4.62. The first-order chi connectivity index (χ1) is 12.6. The van der Waals surface area contributed by atoms with Crippen molar-refractivity contribution in [3.8, 4) is 11.5 Å². The van der Waals surface area contributed by atoms with Crippen molar-refractivity contribution >= 4 is 11.8 Å². The van der Waals surface area contributed by atoms with Gasteiger partial charge < -0.3 is 24.5 Å². The lowest BCUT2D eigenvalue weighted by Gasteiger charge is -2.13. The number of amides is 2. The van der Waals surface area contributed by atoms with Gasteiger partial charge in [0.1, 0.15) is 17.6 Å². The lowest BCUT2D eigenvalue weighted by molar-refractivity contribution is -0.120. The molecule has 0 bridgehead atoms. The van der Waals surface area contributed by atoms with Gasteiger partial charge in [-0.2, -0.15) is 0 Å². The predicted octanol–water partition coefficient (Wildman–Crippen LogP) is 2.05. The molecule has 0 aliphatic carbocycles. The van der Waals surface area contributed by atoms with E-state index in [4.69, 9.17) is 13.9 Å². The highest BCUT2D eigenvalue weighted by Crippen LogP contribution is 2.35. The molecule has 0 spiro atoms. The highest BCUT2D eigenvalue weighted by molar-refractivity contribution is 5.94. The SMILES string of the molecule is CCOc1cc2c(cc1CNC(=O)CNC(=O)c1ccco1)OC(C)C2. The van der Waals surface area contributed by atoms with E-state index in [0.29, 0.717) is 6.61 Å². The zero-order valence-corrected chi connectivity index (χ0v) is 14.8. The molecule has 7 heteroatoms. The smallest absolute Gasteiger partial charge is 0.287 e. The van der Waals surface area contributed by atoms with Gasteiger partial charge in [0.25, 0.3) is 5.91 Å². The van der Waals surface area contributed by atoms with Gasteiger partial charge in [0.2, 0.25) is 5.91 Å². The molecular weight excluding hydrogens is 336 g/mol. The molecule has 2 heterocycles. The van der Waals surface area contributed by atoms with Crippen LogP contribution < -0.4 is 20.1 Å². The fraction of sp³-hybridized carbons (Fsp3) is 0.368. The first-order valence-corrected chi connectivity index (χ1v) is 8.60. The van der Waals surface area contributed by atoms with E-state index in [9.17, 15) is 9.59 Å². The summed E-state index contributed by atoms with van der Waals surface area (Å²) in [4.78, 5) is 23.8. The van der Waals surface area contributed by atoms with Crippen molar-refractivity contribution in [1.82, 2.24) is 10.6 Å². The Kier molecular flexibility index (Phi) is 5.46. The maximum Gasteiger partial charge on any atom is 0.287 e. The van der Waals surface area contributed by atoms with Crippen molar-refractivity contribution in [2.24, 2.45) is 0 Å². The van der Waals surface area contributed by atoms with Crippen LogP contribution in [0.2, 0.25) is 0 Å². The molecule has 0 saturated heterocycles. The Morgan fingerprint density at radius 1 is 1.31 bits per heavy atom. The van der Waals surface area contributed by atoms with Gasteiger partial charge in [0.15, 0.2) is 5.76 Å². The Balaban J connectivity index is 1.57. The third-order valence-corrected chi connectivity index (χ3v) is 4.01. The van der Waals surface area contributed by atoms with Crippen molar-refractivity contribution in [1.29, 1.82) is 0 Å². The average Bonchev–Trinajstić information content (AvgIpc) is 3.26. The van der Waals surface area contributed by atoms with Gasteiger partial charge >= 0.3 is 0 Å². The summed E-state index contributed by atoms with van der Waals surface area (Å²) in [6.07, 6.45) is 2.39. The predicted molar refractivity (Wildman–Crippen MR) is 94.3 cm³/mol. The summed E-state index contributed by atoms with van der Waals surface area (Å²) in [5.74, 6) is 1.00. The van der Waals surface area contributed by atoms with Gasteiger partial charge in [-0.25, -0.2) is 0 Å². The molecule has 1 atom stereocenters. The molecule has 3 rings (SSSR count). The molecule has 1 aliphatic heterocycles. The first kappa shape index (κ1) is 17.8. The minimum Gasteiger partial charge on any atom is -0.494 e. The maximum absolute atomic E-state index is 12.0. The van der Waals surface area contributed by atoms with E-state index in [1.54, 1.807) is 6.07 Å². The number of ether oxygens (including phenoxy) is 2. The molecule has 2 amide bonds. The van der Waals surface area contributed by atoms with Crippen LogP contribution in [0.5, 0.6) is 11.5 Å². The normalized spacial score (nSPS) is 15.1. The number of furan rings is 1. The Morgan fingerprint density at radius 3 is 2.88 bits per heavy atom. The van der Waals surface area contributed by atoms with E-state index in [2.05, 4.69) is 10.6 Å². The number of carbonyl (C=O) groups is 2. The van der Waals surface area contributed by atoms with E-state index < -0.39 is 5.91 Å². The molecule has 1 unspecified atom stereocenters. The van der Waals surface area contributed by atoms with Gasteiger partial charge in [0, 0.05) is 24.1 Å². The molecule has 0 fully saturated rings. The maximum atomic E-state index is 12.0. The quantitative estimate of drug-likeness (QED) is 0.791. The van der Waals surface area contributed by atoms with E-state index in [1.807, 2.05) is 26.0 Å². The average molecular weight is 358 g/mol. The van der Waals surface area contributed by atoms with Crippen molar-refractivity contribution in [3.63, 3.8) is 0 Å². The number of hydrogen-bond donors (Lipinski definition) is 2. The summed E-state index contributed by atoms with van der Waals surface area (Å²) in [5, 5.41) is 5.29. The van der Waals surface area contributed by atoms with Crippen LogP contribution in [-0.4, -0.2) is 31.1 Å². The Bertz CT molecular complexity index is 785. The highest BCUT2D eigenvalue weighted by atomic mass is 16.5. The fourth-order valence-electron chi connectivity index (χ4n) is 2.82. The molecule has 1 aromatic carbocycles. The van der Waals surface area contributed by atoms with E-state index >= 15 is 0 Å². The van der Waals surface area contributed by atoms with Crippen LogP contribution in [0.15, 0.2) is 34.9 Å². The molecule has 0 radical (unpaired) electrons. The minimum absolute atomic E-state index is 0.137. The number of hydrogen-bond acceptors (Lipinski definition) is 5. The summed E-state index contributed by atoms with van der Waals surface area (Å²) in [6, 6.07) is 7.03. The second kappa shape index (κ2) is 7.95. The van der Waals surface area contributed by atoms with Crippen LogP contribution in [0.1, 0.15) is 35.5 Å². The largest absolute Gasteiger partial charge is 0.494 e. The van der Waals surface area contributed by atoms with Crippen molar-refractivity contribution < 1.29 is 23.5 Å². The third kappa shape index (κ3) is 4.17. The van der Waals surface area contributed by atoms with Crippen LogP contribution >= 0.6 is 0 Å². The van der Waals surface area contributed by atoms with Gasteiger partial charge in [-0.15, -0.1) is 0 Å². The molecule has 1 aliphatic rings. The molecule has 2 N–H and O–H groups in total. The van der Waals surface area contributed by atoms with Crippen LogP contribution in [0.4, 0.5) is 0 Å². The van der Waals surface area contributed by atoms with Crippen molar-refractivity contribution in [3.05, 3.63) is 47.4 Å². The van der Waals surface area contributed by atoms with Crippen LogP contribution in [0.25, 0.3) is 0 Å². The Morgan fingerprint density at radius 2 is 2.15 bits per heavy atom. The minimum atomic E-state index is -0.430. The van der Waals surface area contributed by atoms with E-state index in [-0.39, 0.29) is 30.9 Å². The Hall–Kier alpha value is -2.96. The zero-order valence-electron chi connectivity index (χ0n) is 14.8. The van der Waals surface area contributed by atoms with Crippen LogP contribution in [-0.2, 0) is 17.8 Å². The highest BCUT2D eigenvalue weighted by Gasteiger charge is 2.22. The second-order valence-corrected chi connectivity index (χ2v) is 6.07. The van der Waals surface area contributed by atoms with E-state index in [0.717, 1.165) is 29.0 Å². The number of nitrogens with one attached hydrogen (secondary N) is 2. The summed E-state index contributed by atoms with van der Waals surface area (Å²) in [7, 11) is 0. The lowest BCUT2D eigenvalue weighted by Crippen LogP contribution is -2.36. The second-order valence-electron chi connectivity index (χ2n) is 6.07. The lowest BCUT2D eigenvalue weighted by atomic mass is 10.1. The van der Waals surface area contributed by atoms with Crippen molar-refractivity contribution in [2.75, 3.05) is 13.2 Å². The summed E-state index contributed by atoms with van der Waals surface area (Å²) < 4.78 is 16.4.